The summed E-state index contributed by atoms with van der Waals surface area (Å²) in [6, 6.07) is 3.41. The Morgan fingerprint density at radius 3 is 2.81 bits per heavy atom. The number of aryl methyl sites for hydroxylation is 1. The van der Waals surface area contributed by atoms with E-state index in [1.807, 2.05) is 0 Å². The molecule has 0 unspecified atom stereocenters. The average Bonchev–Trinajstić information content (AvgIpc) is 2.41. The van der Waals surface area contributed by atoms with Crippen molar-refractivity contribution in [3.8, 4) is 0 Å². The van der Waals surface area contributed by atoms with E-state index in [9.17, 15) is 4.79 Å². The van der Waals surface area contributed by atoms with Crippen molar-refractivity contribution in [3.05, 3.63) is 23.4 Å². The van der Waals surface area contributed by atoms with Gasteiger partial charge < -0.3 is 15.8 Å². The number of ether oxygens (including phenoxy) is 1. The molecule has 0 atom stereocenters. The molecule has 0 saturated heterocycles. The van der Waals surface area contributed by atoms with Gasteiger partial charge in [-0.3, -0.25) is 4.79 Å². The van der Waals surface area contributed by atoms with E-state index in [-0.39, 0.29) is 5.91 Å². The summed E-state index contributed by atoms with van der Waals surface area (Å²) in [5.41, 5.74) is 7.15. The topological polar surface area (TPSA) is 77.2 Å². The lowest BCUT2D eigenvalue weighted by atomic mass is 10.1. The second-order valence-corrected chi connectivity index (χ2v) is 5.57. The third kappa shape index (κ3) is 7.09. The molecule has 0 fully saturated rings. The summed E-state index contributed by atoms with van der Waals surface area (Å²) in [7, 11) is 0. The number of amides is 1. The summed E-state index contributed by atoms with van der Waals surface area (Å²) < 4.78 is 5.47. The molecule has 0 radical (unpaired) electrons. The molecular formula is C16H27N3O2. The molecule has 1 aromatic heterocycles. The van der Waals surface area contributed by atoms with E-state index in [0.29, 0.717) is 30.5 Å². The predicted octanol–water partition coefficient (Wildman–Crippen LogP) is 2.41. The molecule has 0 aliphatic carbocycles. The van der Waals surface area contributed by atoms with Crippen LogP contribution in [0.4, 0.5) is 5.82 Å². The van der Waals surface area contributed by atoms with E-state index in [0.717, 1.165) is 31.6 Å². The fourth-order valence-electron chi connectivity index (χ4n) is 1.89. The fraction of sp³-hybridized carbons (Fsp3) is 0.625. The number of pyridine rings is 1. The number of nitrogens with zero attached hydrogens (tertiary/aromatic N) is 1. The van der Waals surface area contributed by atoms with E-state index in [2.05, 4.69) is 31.1 Å². The van der Waals surface area contributed by atoms with Gasteiger partial charge in [0.05, 0.1) is 6.61 Å². The van der Waals surface area contributed by atoms with E-state index in [1.165, 1.54) is 0 Å². The van der Waals surface area contributed by atoms with Gasteiger partial charge in [-0.25, -0.2) is 4.98 Å². The standard InChI is InChI=1S/C16H27N3O2/c1-4-5-14-10-13(11-15(17)19-14)16(20)18-7-9-21-8-6-12(2)3/h10-12H,4-9H2,1-3H3,(H2,17,19)(H,18,20). The van der Waals surface area contributed by atoms with Gasteiger partial charge >= 0.3 is 0 Å². The number of carbonyl (C=O) groups is 1. The Morgan fingerprint density at radius 2 is 2.14 bits per heavy atom. The number of aromatic nitrogens is 1. The highest BCUT2D eigenvalue weighted by molar-refractivity contribution is 5.94. The highest BCUT2D eigenvalue weighted by atomic mass is 16.5. The minimum Gasteiger partial charge on any atom is -0.384 e. The summed E-state index contributed by atoms with van der Waals surface area (Å²) in [4.78, 5) is 16.3. The van der Waals surface area contributed by atoms with Crippen LogP contribution in [0.2, 0.25) is 0 Å². The van der Waals surface area contributed by atoms with Gasteiger partial charge in [-0.1, -0.05) is 27.2 Å². The first kappa shape index (κ1) is 17.4. The molecule has 5 heteroatoms. The number of nitrogens with two attached hydrogens (primary N) is 1. The zero-order valence-corrected chi connectivity index (χ0v) is 13.3. The van der Waals surface area contributed by atoms with Crippen molar-refractivity contribution >= 4 is 11.7 Å². The number of anilines is 1. The second kappa shape index (κ2) is 9.34. The summed E-state index contributed by atoms with van der Waals surface area (Å²) >= 11 is 0. The van der Waals surface area contributed by atoms with Crippen molar-refractivity contribution in [2.24, 2.45) is 5.92 Å². The molecule has 0 spiro atoms. The molecule has 0 aromatic carbocycles. The highest BCUT2D eigenvalue weighted by Crippen LogP contribution is 2.09. The number of nitrogens with one attached hydrogen (secondary N) is 1. The first-order valence-corrected chi connectivity index (χ1v) is 7.65. The van der Waals surface area contributed by atoms with Gasteiger partial charge in [0, 0.05) is 24.4 Å². The lowest BCUT2D eigenvalue weighted by Gasteiger charge is -2.09. The van der Waals surface area contributed by atoms with Gasteiger partial charge in [0.15, 0.2) is 0 Å². The first-order chi connectivity index (χ1) is 10.0. The van der Waals surface area contributed by atoms with Gasteiger partial charge in [0.25, 0.3) is 5.91 Å². The van der Waals surface area contributed by atoms with Crippen molar-refractivity contribution in [2.45, 2.75) is 40.0 Å². The Balaban J connectivity index is 2.38. The van der Waals surface area contributed by atoms with Crippen LogP contribution in [0.15, 0.2) is 12.1 Å². The van der Waals surface area contributed by atoms with Crippen molar-refractivity contribution in [1.29, 1.82) is 0 Å². The summed E-state index contributed by atoms with van der Waals surface area (Å²) in [6.07, 6.45) is 2.83. The SMILES string of the molecule is CCCc1cc(C(=O)NCCOCCC(C)C)cc(N)n1. The Hall–Kier alpha value is -1.62. The predicted molar refractivity (Wildman–Crippen MR) is 85.3 cm³/mol. The number of hydrogen-bond acceptors (Lipinski definition) is 4. The second-order valence-electron chi connectivity index (χ2n) is 5.57. The minimum atomic E-state index is -0.131. The zero-order chi connectivity index (χ0) is 15.7. The van der Waals surface area contributed by atoms with Crippen LogP contribution in [-0.2, 0) is 11.2 Å². The minimum absolute atomic E-state index is 0.131. The molecule has 0 aliphatic rings. The van der Waals surface area contributed by atoms with Crippen LogP contribution in [0.1, 0.15) is 49.7 Å². The average molecular weight is 293 g/mol. The van der Waals surface area contributed by atoms with Crippen LogP contribution >= 0.6 is 0 Å². The Bertz CT molecular complexity index is 447. The smallest absolute Gasteiger partial charge is 0.251 e. The van der Waals surface area contributed by atoms with Crippen molar-refractivity contribution in [2.75, 3.05) is 25.5 Å². The lowest BCUT2D eigenvalue weighted by Crippen LogP contribution is -2.27. The maximum Gasteiger partial charge on any atom is 0.251 e. The third-order valence-corrected chi connectivity index (χ3v) is 3.04. The number of hydrogen-bond donors (Lipinski definition) is 2. The van der Waals surface area contributed by atoms with Crippen LogP contribution in [0, 0.1) is 5.92 Å². The van der Waals surface area contributed by atoms with E-state index in [4.69, 9.17) is 10.5 Å². The number of carbonyl (C=O) groups excluding carboxylic acids is 1. The summed E-state index contributed by atoms with van der Waals surface area (Å²) in [5, 5.41) is 2.84. The molecule has 1 heterocycles. The maximum absolute atomic E-state index is 12.0. The quantitative estimate of drug-likeness (QED) is 0.685. The molecule has 118 valence electrons. The fourth-order valence-corrected chi connectivity index (χ4v) is 1.89. The molecule has 1 amide bonds. The molecule has 1 rings (SSSR count). The molecule has 0 saturated carbocycles. The van der Waals surface area contributed by atoms with Gasteiger partial charge in [0.2, 0.25) is 0 Å². The van der Waals surface area contributed by atoms with Gasteiger partial charge in [-0.15, -0.1) is 0 Å². The Labute approximate surface area is 127 Å². The van der Waals surface area contributed by atoms with Crippen molar-refractivity contribution < 1.29 is 9.53 Å². The van der Waals surface area contributed by atoms with Gasteiger partial charge in [-0.05, 0) is 30.9 Å². The van der Waals surface area contributed by atoms with Gasteiger partial charge in [0.1, 0.15) is 5.82 Å². The van der Waals surface area contributed by atoms with Crippen LogP contribution in [0.3, 0.4) is 0 Å². The van der Waals surface area contributed by atoms with E-state index >= 15 is 0 Å². The molecule has 0 bridgehead atoms. The molecule has 3 N–H and O–H groups in total. The van der Waals surface area contributed by atoms with E-state index in [1.54, 1.807) is 12.1 Å². The summed E-state index contributed by atoms with van der Waals surface area (Å²) in [6.45, 7) is 8.15. The van der Waals surface area contributed by atoms with Crippen LogP contribution in [0.25, 0.3) is 0 Å². The highest BCUT2D eigenvalue weighted by Gasteiger charge is 2.08. The maximum atomic E-state index is 12.0. The van der Waals surface area contributed by atoms with Crippen LogP contribution in [0.5, 0.6) is 0 Å². The zero-order valence-electron chi connectivity index (χ0n) is 13.3. The summed E-state index contributed by atoms with van der Waals surface area (Å²) in [5.74, 6) is 0.893. The Kier molecular flexibility index (Phi) is 7.75. The normalized spacial score (nSPS) is 10.9. The molecule has 5 nitrogen and oxygen atoms in total. The molecular weight excluding hydrogens is 266 g/mol. The molecule has 0 aliphatic heterocycles. The number of rotatable bonds is 9. The van der Waals surface area contributed by atoms with Gasteiger partial charge in [-0.2, -0.15) is 0 Å². The molecule has 21 heavy (non-hydrogen) atoms. The van der Waals surface area contributed by atoms with Crippen LogP contribution < -0.4 is 11.1 Å². The molecule has 1 aromatic rings. The third-order valence-electron chi connectivity index (χ3n) is 3.04. The monoisotopic (exact) mass is 293 g/mol. The van der Waals surface area contributed by atoms with Crippen LogP contribution in [-0.4, -0.2) is 30.6 Å². The lowest BCUT2D eigenvalue weighted by molar-refractivity contribution is 0.0905. The van der Waals surface area contributed by atoms with E-state index < -0.39 is 0 Å². The first-order valence-electron chi connectivity index (χ1n) is 7.65. The number of nitrogen functional groups attached to an aromatic ring is 1. The van der Waals surface area contributed by atoms with Crippen molar-refractivity contribution in [3.63, 3.8) is 0 Å². The van der Waals surface area contributed by atoms with Crippen molar-refractivity contribution in [1.82, 2.24) is 10.3 Å². The Morgan fingerprint density at radius 1 is 1.38 bits per heavy atom. The largest absolute Gasteiger partial charge is 0.384 e.